The van der Waals surface area contributed by atoms with E-state index in [0.29, 0.717) is 24.3 Å². The third-order valence-corrected chi connectivity index (χ3v) is 4.92. The topological polar surface area (TPSA) is 26.0 Å². The fourth-order valence-electron chi connectivity index (χ4n) is 1.69. The zero-order chi connectivity index (χ0) is 15.1. The molecule has 0 amide bonds. The number of halogens is 6. The van der Waals surface area contributed by atoms with E-state index >= 15 is 0 Å². The minimum atomic E-state index is -4.43. The van der Waals surface area contributed by atoms with E-state index in [4.69, 9.17) is 28.9 Å². The highest BCUT2D eigenvalue weighted by molar-refractivity contribution is 9.10. The molecule has 2 rings (SSSR count). The van der Waals surface area contributed by atoms with Crippen molar-refractivity contribution in [1.29, 1.82) is 0 Å². The van der Waals surface area contributed by atoms with E-state index in [0.717, 1.165) is 23.5 Å². The van der Waals surface area contributed by atoms with Crippen LogP contribution in [0.25, 0.3) is 0 Å². The molecule has 0 fully saturated rings. The summed E-state index contributed by atoms with van der Waals surface area (Å²) < 4.78 is 39.5. The molecule has 1 aromatic carbocycles. The minimum absolute atomic E-state index is 0.302. The van der Waals surface area contributed by atoms with Crippen molar-refractivity contribution in [3.05, 3.63) is 54.1 Å². The van der Waals surface area contributed by atoms with Gasteiger partial charge in [0.05, 0.1) is 20.3 Å². The Morgan fingerprint density at radius 3 is 2.30 bits per heavy atom. The first-order chi connectivity index (χ1) is 9.20. The van der Waals surface area contributed by atoms with Gasteiger partial charge < -0.3 is 5.73 Å². The summed E-state index contributed by atoms with van der Waals surface area (Å²) in [5, 5.41) is 0. The Hall–Kier alpha value is -0.270. The van der Waals surface area contributed by atoms with Crippen LogP contribution in [0.2, 0.25) is 8.67 Å². The molecule has 2 aromatic rings. The largest absolute Gasteiger partial charge is 0.416 e. The van der Waals surface area contributed by atoms with Crippen LogP contribution >= 0.6 is 50.5 Å². The van der Waals surface area contributed by atoms with Crippen molar-refractivity contribution < 1.29 is 13.2 Å². The van der Waals surface area contributed by atoms with Crippen molar-refractivity contribution in [1.82, 2.24) is 0 Å². The van der Waals surface area contributed by atoms with Gasteiger partial charge in [-0.2, -0.15) is 13.2 Å². The van der Waals surface area contributed by atoms with Crippen LogP contribution in [0.15, 0.2) is 28.7 Å². The highest BCUT2D eigenvalue weighted by atomic mass is 79.9. The highest BCUT2D eigenvalue weighted by Crippen LogP contribution is 2.40. The third-order valence-electron chi connectivity index (χ3n) is 2.68. The first-order valence-electron chi connectivity index (χ1n) is 5.27. The molecule has 2 N–H and O–H groups in total. The predicted octanol–water partition coefficient (Wildman–Crippen LogP) is 5.88. The van der Waals surface area contributed by atoms with Gasteiger partial charge in [0, 0.05) is 10.0 Å². The number of rotatable bonds is 2. The maximum atomic E-state index is 12.7. The maximum Gasteiger partial charge on any atom is 0.416 e. The van der Waals surface area contributed by atoms with Gasteiger partial charge in [-0.25, -0.2) is 0 Å². The quantitative estimate of drug-likeness (QED) is 0.663. The molecule has 0 radical (unpaired) electrons. The number of benzene rings is 1. The van der Waals surface area contributed by atoms with Crippen LogP contribution in [0.4, 0.5) is 13.2 Å². The molecule has 8 heteroatoms. The number of thiophene rings is 1. The smallest absolute Gasteiger partial charge is 0.320 e. The second-order valence-electron chi connectivity index (χ2n) is 3.99. The Bertz CT molecular complexity index is 642. The Morgan fingerprint density at radius 2 is 1.80 bits per heavy atom. The molecule has 108 valence electrons. The molecule has 0 aliphatic carbocycles. The van der Waals surface area contributed by atoms with Gasteiger partial charge in [-0.05, 0) is 29.8 Å². The van der Waals surface area contributed by atoms with E-state index in [2.05, 4.69) is 15.9 Å². The lowest BCUT2D eigenvalue weighted by molar-refractivity contribution is -0.137. The number of alkyl halides is 3. The Morgan fingerprint density at radius 1 is 1.15 bits per heavy atom. The van der Waals surface area contributed by atoms with E-state index in [1.165, 1.54) is 6.07 Å². The summed E-state index contributed by atoms with van der Waals surface area (Å²) in [5.41, 5.74) is 6.05. The summed E-state index contributed by atoms with van der Waals surface area (Å²) in [4.78, 5) is 0. The molecule has 0 saturated carbocycles. The standard InChI is InChI=1S/C12H7BrCl2F3NS/c13-8-2-1-5(12(16,17)18)3-6(8)10(19)7-4-9(14)20-11(7)15/h1-4,10H,19H2. The second-order valence-corrected chi connectivity index (χ2v) is 7.13. The number of nitrogens with two attached hydrogens (primary N) is 1. The van der Waals surface area contributed by atoms with Crippen molar-refractivity contribution in [3.63, 3.8) is 0 Å². The Kier molecular flexibility index (Phi) is 4.71. The van der Waals surface area contributed by atoms with E-state index in [-0.39, 0.29) is 0 Å². The monoisotopic (exact) mass is 403 g/mol. The van der Waals surface area contributed by atoms with Gasteiger partial charge in [-0.15, -0.1) is 11.3 Å². The van der Waals surface area contributed by atoms with E-state index in [1.807, 2.05) is 0 Å². The van der Waals surface area contributed by atoms with Crippen molar-refractivity contribution >= 4 is 50.5 Å². The minimum Gasteiger partial charge on any atom is -0.320 e. The molecular formula is C12H7BrCl2F3NS. The zero-order valence-corrected chi connectivity index (χ0v) is 13.6. The Labute approximate surface area is 135 Å². The molecule has 1 aromatic heterocycles. The van der Waals surface area contributed by atoms with Crippen molar-refractivity contribution in [2.24, 2.45) is 5.73 Å². The second kappa shape index (κ2) is 5.85. The van der Waals surface area contributed by atoms with Crippen LogP contribution in [-0.4, -0.2) is 0 Å². The third kappa shape index (κ3) is 3.31. The lowest BCUT2D eigenvalue weighted by Crippen LogP contribution is -2.14. The number of hydrogen-bond acceptors (Lipinski definition) is 2. The molecular weight excluding hydrogens is 398 g/mol. The van der Waals surface area contributed by atoms with Crippen LogP contribution in [0, 0.1) is 0 Å². The van der Waals surface area contributed by atoms with E-state index < -0.39 is 17.8 Å². The van der Waals surface area contributed by atoms with Gasteiger partial charge in [-0.3, -0.25) is 0 Å². The normalized spacial score (nSPS) is 13.6. The lowest BCUT2D eigenvalue weighted by Gasteiger charge is -2.16. The van der Waals surface area contributed by atoms with Gasteiger partial charge in [0.1, 0.15) is 0 Å². The summed E-state index contributed by atoms with van der Waals surface area (Å²) in [6, 6.07) is 4.09. The molecule has 0 spiro atoms. The van der Waals surface area contributed by atoms with Gasteiger partial charge in [0.2, 0.25) is 0 Å². The molecule has 0 aliphatic heterocycles. The maximum absolute atomic E-state index is 12.7. The van der Waals surface area contributed by atoms with E-state index in [9.17, 15) is 13.2 Å². The SMILES string of the molecule is NC(c1cc(C(F)(F)F)ccc1Br)c1cc(Cl)sc1Cl. The fourth-order valence-corrected chi connectivity index (χ4v) is 3.73. The first-order valence-corrected chi connectivity index (χ1v) is 7.63. The van der Waals surface area contributed by atoms with Gasteiger partial charge in [0.15, 0.2) is 0 Å². The van der Waals surface area contributed by atoms with Crippen LogP contribution in [0.5, 0.6) is 0 Å². The lowest BCUT2D eigenvalue weighted by atomic mass is 10.00. The summed E-state index contributed by atoms with van der Waals surface area (Å²) in [5.74, 6) is 0. The molecule has 1 atom stereocenters. The van der Waals surface area contributed by atoms with Crippen LogP contribution in [-0.2, 0) is 6.18 Å². The van der Waals surface area contributed by atoms with Gasteiger partial charge >= 0.3 is 6.18 Å². The summed E-state index contributed by atoms with van der Waals surface area (Å²) in [7, 11) is 0. The average Bonchev–Trinajstić information content (AvgIpc) is 2.66. The fraction of sp³-hybridized carbons (Fsp3) is 0.167. The van der Waals surface area contributed by atoms with E-state index in [1.54, 1.807) is 6.07 Å². The molecule has 1 unspecified atom stereocenters. The zero-order valence-electron chi connectivity index (χ0n) is 9.64. The number of hydrogen-bond donors (Lipinski definition) is 1. The highest BCUT2D eigenvalue weighted by Gasteiger charge is 2.31. The molecule has 0 saturated heterocycles. The summed E-state index contributed by atoms with van der Waals surface area (Å²) in [6.45, 7) is 0. The molecule has 1 heterocycles. The van der Waals surface area contributed by atoms with Gasteiger partial charge in [0.25, 0.3) is 0 Å². The van der Waals surface area contributed by atoms with Gasteiger partial charge in [-0.1, -0.05) is 39.1 Å². The first kappa shape index (κ1) is 16.1. The molecule has 0 bridgehead atoms. The Balaban J connectivity index is 2.49. The van der Waals surface area contributed by atoms with Crippen LogP contribution in [0.1, 0.15) is 22.7 Å². The summed E-state index contributed by atoms with van der Waals surface area (Å²) >= 11 is 16.1. The summed E-state index contributed by atoms with van der Waals surface area (Å²) in [6.07, 6.45) is -4.43. The van der Waals surface area contributed by atoms with Crippen molar-refractivity contribution in [2.45, 2.75) is 12.2 Å². The molecule has 20 heavy (non-hydrogen) atoms. The predicted molar refractivity (Wildman–Crippen MR) is 79.5 cm³/mol. The average molecular weight is 405 g/mol. The van der Waals surface area contributed by atoms with Crippen molar-refractivity contribution in [2.75, 3.05) is 0 Å². The van der Waals surface area contributed by atoms with Crippen LogP contribution in [0.3, 0.4) is 0 Å². The van der Waals surface area contributed by atoms with Crippen LogP contribution < -0.4 is 5.73 Å². The van der Waals surface area contributed by atoms with Crippen molar-refractivity contribution in [3.8, 4) is 0 Å². The molecule has 1 nitrogen and oxygen atoms in total. The molecule has 0 aliphatic rings.